The molecule has 7 nitrogen and oxygen atoms in total. The average molecular weight is 313 g/mol. The van der Waals surface area contributed by atoms with Crippen LogP contribution in [0.5, 0.6) is 0 Å². The van der Waals surface area contributed by atoms with Gasteiger partial charge >= 0.3 is 5.97 Å². The van der Waals surface area contributed by atoms with E-state index < -0.39 is 17.6 Å². The first-order valence-electron chi connectivity index (χ1n) is 6.75. The van der Waals surface area contributed by atoms with Gasteiger partial charge in [0.2, 0.25) is 12.3 Å². The van der Waals surface area contributed by atoms with Gasteiger partial charge in [0, 0.05) is 0 Å². The molecule has 116 valence electrons. The zero-order valence-electron chi connectivity index (χ0n) is 11.6. The number of carboxylic acids is 1. The van der Waals surface area contributed by atoms with Crippen molar-refractivity contribution in [2.45, 2.75) is 43.7 Å². The minimum Gasteiger partial charge on any atom is -0.480 e. The van der Waals surface area contributed by atoms with E-state index in [0.29, 0.717) is 25.0 Å². The summed E-state index contributed by atoms with van der Waals surface area (Å²) in [5.74, 6) is -0.693. The Morgan fingerprint density at radius 1 is 1.43 bits per heavy atom. The number of carboxylic acid groups (broad SMARTS) is 1. The van der Waals surface area contributed by atoms with E-state index in [4.69, 9.17) is 10.4 Å². The predicted octanol–water partition coefficient (Wildman–Crippen LogP) is 0.261. The zero-order chi connectivity index (χ0) is 15.7. The summed E-state index contributed by atoms with van der Waals surface area (Å²) in [6.07, 6.45) is 3.86. The summed E-state index contributed by atoms with van der Waals surface area (Å²) in [5, 5.41) is 23.0. The van der Waals surface area contributed by atoms with Gasteiger partial charge in [0.05, 0.1) is 11.8 Å². The molecule has 0 aromatic carbocycles. The quantitative estimate of drug-likeness (QED) is 0.415. The molecule has 2 amide bonds. The molecule has 0 heterocycles. The Morgan fingerprint density at radius 2 is 2.10 bits per heavy atom. The molecular weight excluding hydrogens is 294 g/mol. The lowest BCUT2D eigenvalue weighted by Gasteiger charge is -2.21. The van der Waals surface area contributed by atoms with Gasteiger partial charge in [-0.05, 0) is 37.9 Å². The fourth-order valence-electron chi connectivity index (χ4n) is 2.27. The molecule has 0 saturated heterocycles. The van der Waals surface area contributed by atoms with Gasteiger partial charge in [-0.15, -0.1) is 0 Å². The lowest BCUT2D eigenvalue weighted by molar-refractivity contribution is -0.140. The third kappa shape index (κ3) is 5.63. The van der Waals surface area contributed by atoms with Gasteiger partial charge in [0.15, 0.2) is 0 Å². The summed E-state index contributed by atoms with van der Waals surface area (Å²) >= 11 is 1.28. The second-order valence-electron chi connectivity index (χ2n) is 4.97. The lowest BCUT2D eigenvalue weighted by Crippen LogP contribution is -2.46. The molecule has 21 heavy (non-hydrogen) atoms. The maximum atomic E-state index is 11.8. The Morgan fingerprint density at radius 3 is 2.62 bits per heavy atom. The van der Waals surface area contributed by atoms with Crippen molar-refractivity contribution < 1.29 is 19.5 Å². The van der Waals surface area contributed by atoms with Crippen molar-refractivity contribution in [3.63, 3.8) is 0 Å². The maximum Gasteiger partial charge on any atom is 0.326 e. The van der Waals surface area contributed by atoms with Crippen molar-refractivity contribution in [2.24, 2.45) is 0 Å². The van der Waals surface area contributed by atoms with Crippen LogP contribution < -0.4 is 10.6 Å². The number of hydrogen-bond donors (Lipinski definition) is 3. The minimum atomic E-state index is -1.10. The summed E-state index contributed by atoms with van der Waals surface area (Å²) in [5.41, 5.74) is -0.722. The van der Waals surface area contributed by atoms with Crippen molar-refractivity contribution in [1.82, 2.24) is 10.6 Å². The Balaban J connectivity index is 2.26. The van der Waals surface area contributed by atoms with Crippen molar-refractivity contribution in [2.75, 3.05) is 11.5 Å². The SMILES string of the molecule is N#CC1(NC(=O)CSCCC(NC=O)C(=O)O)CCCC1. The average Bonchev–Trinajstić information content (AvgIpc) is 2.91. The molecule has 0 spiro atoms. The Bertz CT molecular complexity index is 430. The highest BCUT2D eigenvalue weighted by Gasteiger charge is 2.35. The van der Waals surface area contributed by atoms with Crippen molar-refractivity contribution in [3.05, 3.63) is 0 Å². The van der Waals surface area contributed by atoms with Crippen LogP contribution in [-0.4, -0.2) is 46.5 Å². The number of rotatable bonds is 9. The van der Waals surface area contributed by atoms with Gasteiger partial charge < -0.3 is 15.7 Å². The summed E-state index contributed by atoms with van der Waals surface area (Å²) in [4.78, 5) is 32.8. The van der Waals surface area contributed by atoms with E-state index in [2.05, 4.69) is 16.7 Å². The first-order chi connectivity index (χ1) is 10.0. The zero-order valence-corrected chi connectivity index (χ0v) is 12.4. The highest BCUT2D eigenvalue weighted by Crippen LogP contribution is 2.28. The van der Waals surface area contributed by atoms with Crippen LogP contribution in [0.15, 0.2) is 0 Å². The third-order valence-electron chi connectivity index (χ3n) is 3.40. The third-order valence-corrected chi connectivity index (χ3v) is 4.39. The van der Waals surface area contributed by atoms with Gasteiger partial charge in [-0.1, -0.05) is 0 Å². The molecule has 0 radical (unpaired) electrons. The Hall–Kier alpha value is -1.75. The molecule has 1 aliphatic carbocycles. The van der Waals surface area contributed by atoms with Crippen molar-refractivity contribution in [3.8, 4) is 6.07 Å². The van der Waals surface area contributed by atoms with Gasteiger partial charge in [-0.25, -0.2) is 4.79 Å². The minimum absolute atomic E-state index is 0.177. The fourth-order valence-corrected chi connectivity index (χ4v) is 3.08. The summed E-state index contributed by atoms with van der Waals surface area (Å²) in [6, 6.07) is 1.25. The number of aliphatic carboxylic acids is 1. The number of amides is 2. The van der Waals surface area contributed by atoms with Crippen LogP contribution >= 0.6 is 11.8 Å². The smallest absolute Gasteiger partial charge is 0.326 e. The van der Waals surface area contributed by atoms with E-state index in [-0.39, 0.29) is 18.1 Å². The van der Waals surface area contributed by atoms with E-state index in [1.54, 1.807) is 0 Å². The molecule has 1 rings (SSSR count). The van der Waals surface area contributed by atoms with Crippen LogP contribution in [-0.2, 0) is 14.4 Å². The number of thioether (sulfide) groups is 1. The molecule has 1 atom stereocenters. The topological polar surface area (TPSA) is 119 Å². The molecule has 0 aromatic rings. The number of nitrogens with zero attached hydrogens (tertiary/aromatic N) is 1. The lowest BCUT2D eigenvalue weighted by atomic mass is 10.0. The highest BCUT2D eigenvalue weighted by molar-refractivity contribution is 7.99. The van der Waals surface area contributed by atoms with E-state index >= 15 is 0 Å². The highest BCUT2D eigenvalue weighted by atomic mass is 32.2. The monoisotopic (exact) mass is 313 g/mol. The van der Waals surface area contributed by atoms with E-state index in [1.165, 1.54) is 11.8 Å². The standard InChI is InChI=1S/C13H19N3O4S/c14-8-13(4-1-2-5-13)16-11(18)7-21-6-3-10(12(19)20)15-9-17/h9-10H,1-7H2,(H,15,17)(H,16,18)(H,19,20). The van der Waals surface area contributed by atoms with Gasteiger partial charge in [0.25, 0.3) is 0 Å². The number of carbonyl (C=O) groups excluding carboxylic acids is 2. The second kappa shape index (κ2) is 8.52. The number of hydrogen-bond acceptors (Lipinski definition) is 5. The first kappa shape index (κ1) is 17.3. The van der Waals surface area contributed by atoms with Crippen molar-refractivity contribution in [1.29, 1.82) is 5.26 Å². The summed E-state index contributed by atoms with van der Waals surface area (Å²) in [7, 11) is 0. The molecule has 1 aliphatic rings. The van der Waals surface area contributed by atoms with Crippen LogP contribution in [0.1, 0.15) is 32.1 Å². The van der Waals surface area contributed by atoms with Crippen LogP contribution in [0.4, 0.5) is 0 Å². The Kier molecular flexibility index (Phi) is 7.02. The molecular formula is C13H19N3O4S. The van der Waals surface area contributed by atoms with Crippen LogP contribution in [0.25, 0.3) is 0 Å². The van der Waals surface area contributed by atoms with Crippen LogP contribution in [0.3, 0.4) is 0 Å². The van der Waals surface area contributed by atoms with Gasteiger partial charge in [-0.3, -0.25) is 9.59 Å². The van der Waals surface area contributed by atoms with Crippen LogP contribution in [0.2, 0.25) is 0 Å². The predicted molar refractivity (Wildman–Crippen MR) is 77.5 cm³/mol. The largest absolute Gasteiger partial charge is 0.480 e. The summed E-state index contributed by atoms with van der Waals surface area (Å²) < 4.78 is 0. The number of nitrogens with one attached hydrogen (secondary N) is 2. The fraction of sp³-hybridized carbons (Fsp3) is 0.692. The molecule has 0 aliphatic heterocycles. The molecule has 1 unspecified atom stereocenters. The first-order valence-corrected chi connectivity index (χ1v) is 7.91. The summed E-state index contributed by atoms with van der Waals surface area (Å²) in [6.45, 7) is 0. The number of nitriles is 1. The van der Waals surface area contributed by atoms with Crippen LogP contribution in [0, 0.1) is 11.3 Å². The van der Waals surface area contributed by atoms with E-state index in [0.717, 1.165) is 12.8 Å². The Labute approximate surface area is 127 Å². The van der Waals surface area contributed by atoms with E-state index in [9.17, 15) is 14.4 Å². The molecule has 3 N–H and O–H groups in total. The molecule has 0 bridgehead atoms. The molecule has 1 fully saturated rings. The van der Waals surface area contributed by atoms with Gasteiger partial charge in [0.1, 0.15) is 11.6 Å². The molecule has 1 saturated carbocycles. The van der Waals surface area contributed by atoms with E-state index in [1.807, 2.05) is 0 Å². The maximum absolute atomic E-state index is 11.8. The van der Waals surface area contributed by atoms with Crippen molar-refractivity contribution >= 4 is 30.0 Å². The molecule has 0 aromatic heterocycles. The number of carbonyl (C=O) groups is 3. The van der Waals surface area contributed by atoms with Gasteiger partial charge in [-0.2, -0.15) is 17.0 Å². The molecule has 8 heteroatoms. The normalized spacial score (nSPS) is 17.5. The second-order valence-corrected chi connectivity index (χ2v) is 6.07.